The van der Waals surface area contributed by atoms with Crippen LogP contribution in [0.2, 0.25) is 0 Å². The van der Waals surface area contributed by atoms with E-state index in [1.807, 2.05) is 0 Å². The Hall–Kier alpha value is -0.940. The van der Waals surface area contributed by atoms with E-state index in [1.165, 1.54) is 5.56 Å². The predicted octanol–water partition coefficient (Wildman–Crippen LogP) is 1.35. The van der Waals surface area contributed by atoms with Crippen LogP contribution in [0.15, 0.2) is 30.3 Å². The molecule has 4 heteroatoms. The van der Waals surface area contributed by atoms with Gasteiger partial charge in [-0.05, 0) is 19.5 Å². The van der Waals surface area contributed by atoms with Crippen molar-refractivity contribution in [1.29, 1.82) is 0 Å². The summed E-state index contributed by atoms with van der Waals surface area (Å²) in [5, 5.41) is 3.29. The molecule has 0 spiro atoms. The second-order valence-electron chi connectivity index (χ2n) is 6.63. The van der Waals surface area contributed by atoms with E-state index in [0.717, 1.165) is 45.9 Å². The Bertz CT molecular complexity index is 447. The van der Waals surface area contributed by atoms with Crippen molar-refractivity contribution in [3.05, 3.63) is 35.9 Å². The van der Waals surface area contributed by atoms with Gasteiger partial charge in [0.1, 0.15) is 0 Å². The monoisotopic (exact) mass is 289 g/mol. The smallest absolute Gasteiger partial charge is 0.0902 e. The van der Waals surface area contributed by atoms with Crippen LogP contribution in [0.4, 0.5) is 0 Å². The number of nitrogens with one attached hydrogen (secondary N) is 1. The molecule has 21 heavy (non-hydrogen) atoms. The maximum Gasteiger partial charge on any atom is 0.0902 e. The summed E-state index contributed by atoms with van der Waals surface area (Å²) in [5.41, 5.74) is 1.48. The molecule has 0 amide bonds. The van der Waals surface area contributed by atoms with Gasteiger partial charge in [0, 0.05) is 45.3 Å². The lowest BCUT2D eigenvalue weighted by molar-refractivity contribution is -0.0777. The van der Waals surface area contributed by atoms with Crippen molar-refractivity contribution in [2.24, 2.45) is 0 Å². The highest BCUT2D eigenvalue weighted by Gasteiger charge is 2.33. The number of ether oxygens (including phenoxy) is 1. The molecular weight excluding hydrogens is 262 g/mol. The first-order chi connectivity index (χ1) is 10.2. The first-order valence-corrected chi connectivity index (χ1v) is 7.98. The van der Waals surface area contributed by atoms with Crippen LogP contribution in [-0.4, -0.2) is 68.3 Å². The van der Waals surface area contributed by atoms with Crippen molar-refractivity contribution in [3.63, 3.8) is 0 Å². The number of hydrogen-bond acceptors (Lipinski definition) is 4. The van der Waals surface area contributed by atoms with Crippen molar-refractivity contribution in [1.82, 2.24) is 15.1 Å². The second kappa shape index (κ2) is 6.44. The third kappa shape index (κ3) is 3.64. The van der Waals surface area contributed by atoms with E-state index < -0.39 is 0 Å². The van der Waals surface area contributed by atoms with Crippen LogP contribution in [0.5, 0.6) is 0 Å². The van der Waals surface area contributed by atoms with Gasteiger partial charge in [0.2, 0.25) is 0 Å². The van der Waals surface area contributed by atoms with Gasteiger partial charge in [-0.2, -0.15) is 0 Å². The summed E-state index contributed by atoms with van der Waals surface area (Å²) < 4.78 is 6.06. The average molecular weight is 289 g/mol. The number of benzene rings is 1. The van der Waals surface area contributed by atoms with Crippen molar-refractivity contribution < 1.29 is 4.74 Å². The second-order valence-corrected chi connectivity index (χ2v) is 6.63. The predicted molar refractivity (Wildman–Crippen MR) is 85.5 cm³/mol. The third-order valence-corrected chi connectivity index (χ3v) is 4.71. The van der Waals surface area contributed by atoms with Gasteiger partial charge in [-0.25, -0.2) is 0 Å². The fourth-order valence-corrected chi connectivity index (χ4v) is 3.20. The summed E-state index contributed by atoms with van der Waals surface area (Å²) in [7, 11) is 2.21. The molecule has 2 heterocycles. The molecule has 4 nitrogen and oxygen atoms in total. The Labute approximate surface area is 128 Å². The van der Waals surface area contributed by atoms with Crippen LogP contribution < -0.4 is 5.32 Å². The van der Waals surface area contributed by atoms with Crippen LogP contribution in [-0.2, 0) is 4.74 Å². The highest BCUT2D eigenvalue weighted by molar-refractivity contribution is 5.20. The van der Waals surface area contributed by atoms with Gasteiger partial charge in [0.05, 0.1) is 12.2 Å². The summed E-state index contributed by atoms with van der Waals surface area (Å²) in [4.78, 5) is 5.00. The van der Waals surface area contributed by atoms with Gasteiger partial charge in [-0.1, -0.05) is 30.3 Å². The summed E-state index contributed by atoms with van der Waals surface area (Å²) in [5.74, 6) is 0. The van der Waals surface area contributed by atoms with Gasteiger partial charge in [0.15, 0.2) is 0 Å². The summed E-state index contributed by atoms with van der Waals surface area (Å²) in [6, 6.07) is 11.3. The van der Waals surface area contributed by atoms with E-state index in [2.05, 4.69) is 59.4 Å². The van der Waals surface area contributed by atoms with E-state index in [0.29, 0.717) is 6.04 Å². The summed E-state index contributed by atoms with van der Waals surface area (Å²) >= 11 is 0. The molecule has 0 saturated carbocycles. The molecule has 1 aromatic rings. The molecule has 3 rings (SSSR count). The minimum atomic E-state index is 0.0643. The van der Waals surface area contributed by atoms with E-state index in [-0.39, 0.29) is 5.60 Å². The standard InChI is InChI=1S/C17H27N3O/c1-17(13-18-14-17)21-11-10-20-9-8-19(2)12-16(20)15-6-4-3-5-7-15/h3-7,16,18H,8-14H2,1-2H3. The van der Waals surface area contributed by atoms with Gasteiger partial charge in [0.25, 0.3) is 0 Å². The lowest BCUT2D eigenvalue weighted by Gasteiger charge is -2.42. The Balaban J connectivity index is 1.58. The number of rotatable bonds is 5. The molecule has 2 fully saturated rings. The van der Waals surface area contributed by atoms with Crippen molar-refractivity contribution in [2.75, 3.05) is 52.9 Å². The maximum atomic E-state index is 6.06. The topological polar surface area (TPSA) is 27.7 Å². The minimum absolute atomic E-state index is 0.0643. The molecule has 1 atom stereocenters. The number of hydrogen-bond donors (Lipinski definition) is 1. The highest BCUT2D eigenvalue weighted by Crippen LogP contribution is 2.25. The molecule has 0 aliphatic carbocycles. The van der Waals surface area contributed by atoms with Crippen molar-refractivity contribution in [2.45, 2.75) is 18.6 Å². The number of likely N-dealkylation sites (N-methyl/N-ethyl adjacent to an activating group) is 1. The number of piperazine rings is 1. The zero-order chi connectivity index (χ0) is 14.7. The Morgan fingerprint density at radius 2 is 2.00 bits per heavy atom. The fraction of sp³-hybridized carbons (Fsp3) is 0.647. The van der Waals surface area contributed by atoms with Crippen molar-refractivity contribution in [3.8, 4) is 0 Å². The normalized spacial score (nSPS) is 26.5. The lowest BCUT2D eigenvalue weighted by Crippen LogP contribution is -2.59. The quantitative estimate of drug-likeness (QED) is 0.886. The van der Waals surface area contributed by atoms with Gasteiger partial charge < -0.3 is 15.0 Å². The fourth-order valence-electron chi connectivity index (χ4n) is 3.20. The molecule has 0 aromatic heterocycles. The van der Waals surface area contributed by atoms with Crippen LogP contribution in [0.3, 0.4) is 0 Å². The van der Waals surface area contributed by atoms with E-state index in [1.54, 1.807) is 0 Å². The van der Waals surface area contributed by atoms with Crippen LogP contribution >= 0.6 is 0 Å². The van der Waals surface area contributed by atoms with Crippen LogP contribution in [0.1, 0.15) is 18.5 Å². The Morgan fingerprint density at radius 1 is 1.24 bits per heavy atom. The van der Waals surface area contributed by atoms with Crippen LogP contribution in [0, 0.1) is 0 Å². The molecule has 2 aliphatic heterocycles. The largest absolute Gasteiger partial charge is 0.371 e. The molecule has 1 N–H and O–H groups in total. The molecule has 1 unspecified atom stereocenters. The zero-order valence-electron chi connectivity index (χ0n) is 13.2. The highest BCUT2D eigenvalue weighted by atomic mass is 16.5. The van der Waals surface area contributed by atoms with E-state index >= 15 is 0 Å². The minimum Gasteiger partial charge on any atom is -0.371 e. The molecule has 1 aromatic carbocycles. The summed E-state index contributed by atoms with van der Waals surface area (Å²) in [6.45, 7) is 9.37. The van der Waals surface area contributed by atoms with Crippen LogP contribution in [0.25, 0.3) is 0 Å². The molecule has 0 bridgehead atoms. The van der Waals surface area contributed by atoms with E-state index in [9.17, 15) is 0 Å². The van der Waals surface area contributed by atoms with Gasteiger partial charge >= 0.3 is 0 Å². The van der Waals surface area contributed by atoms with E-state index in [4.69, 9.17) is 4.74 Å². The molecular formula is C17H27N3O. The SMILES string of the molecule is CN1CCN(CCOC2(C)CNC2)C(c2ccccc2)C1. The summed E-state index contributed by atoms with van der Waals surface area (Å²) in [6.07, 6.45) is 0. The maximum absolute atomic E-state index is 6.06. The van der Waals surface area contributed by atoms with Gasteiger partial charge in [-0.3, -0.25) is 4.90 Å². The first kappa shape index (κ1) is 15.0. The third-order valence-electron chi connectivity index (χ3n) is 4.71. The zero-order valence-corrected chi connectivity index (χ0v) is 13.2. The molecule has 116 valence electrons. The Kier molecular flexibility index (Phi) is 4.60. The lowest BCUT2D eigenvalue weighted by atomic mass is 10.00. The van der Waals surface area contributed by atoms with Gasteiger partial charge in [-0.15, -0.1) is 0 Å². The first-order valence-electron chi connectivity index (χ1n) is 7.98. The molecule has 2 saturated heterocycles. The molecule has 0 radical (unpaired) electrons. The average Bonchev–Trinajstić information content (AvgIpc) is 2.48. The molecule has 2 aliphatic rings. The van der Waals surface area contributed by atoms with Crippen molar-refractivity contribution >= 4 is 0 Å². The number of nitrogens with zero attached hydrogens (tertiary/aromatic N) is 2. The Morgan fingerprint density at radius 3 is 2.67 bits per heavy atom.